The second-order valence-corrected chi connectivity index (χ2v) is 4.10. The van der Waals surface area contributed by atoms with Crippen LogP contribution < -0.4 is 5.73 Å². The standard InChI is InChI=1S/C15H17F2NO/c1-3-10-8-13(15(18)19)14(17)9-11(10)6-5-7-12(16)4-2/h4-5,7-9H,3,6H2,1-2H3,(H2,18,19). The van der Waals surface area contributed by atoms with E-state index in [2.05, 4.69) is 0 Å². The Kier molecular flexibility index (Phi) is 5.42. The van der Waals surface area contributed by atoms with Crippen LogP contribution in [0, 0.1) is 5.82 Å². The van der Waals surface area contributed by atoms with Crippen LogP contribution in [0.25, 0.3) is 0 Å². The molecule has 0 atom stereocenters. The number of amides is 1. The summed E-state index contributed by atoms with van der Waals surface area (Å²) in [5.41, 5.74) is 6.55. The van der Waals surface area contributed by atoms with Gasteiger partial charge in [-0.1, -0.05) is 19.1 Å². The third-order valence-corrected chi connectivity index (χ3v) is 2.83. The zero-order valence-electron chi connectivity index (χ0n) is 11.0. The first-order valence-corrected chi connectivity index (χ1v) is 6.09. The van der Waals surface area contributed by atoms with Crippen LogP contribution in [-0.4, -0.2) is 5.91 Å². The molecule has 0 aromatic heterocycles. The van der Waals surface area contributed by atoms with E-state index in [1.165, 1.54) is 24.3 Å². The number of benzene rings is 1. The highest BCUT2D eigenvalue weighted by Gasteiger charge is 2.12. The number of hydrogen-bond donors (Lipinski definition) is 1. The van der Waals surface area contributed by atoms with Crippen molar-refractivity contribution in [2.75, 3.05) is 0 Å². The molecule has 1 aromatic rings. The van der Waals surface area contributed by atoms with Crippen LogP contribution in [0.4, 0.5) is 8.78 Å². The van der Waals surface area contributed by atoms with E-state index in [1.54, 1.807) is 13.0 Å². The number of halogens is 2. The van der Waals surface area contributed by atoms with Crippen molar-refractivity contribution in [3.8, 4) is 0 Å². The molecule has 0 heterocycles. The van der Waals surface area contributed by atoms with Crippen LogP contribution in [0.1, 0.15) is 35.3 Å². The summed E-state index contributed by atoms with van der Waals surface area (Å²) in [7, 11) is 0. The van der Waals surface area contributed by atoms with Crippen molar-refractivity contribution in [1.29, 1.82) is 0 Å². The summed E-state index contributed by atoms with van der Waals surface area (Å²) in [5.74, 6) is -1.76. The van der Waals surface area contributed by atoms with Crippen LogP contribution in [0.15, 0.2) is 36.2 Å². The summed E-state index contributed by atoms with van der Waals surface area (Å²) in [5, 5.41) is 0. The minimum absolute atomic E-state index is 0.107. The second-order valence-electron chi connectivity index (χ2n) is 4.10. The van der Waals surface area contributed by atoms with E-state index in [4.69, 9.17) is 5.73 Å². The van der Waals surface area contributed by atoms with Gasteiger partial charge < -0.3 is 5.73 Å². The summed E-state index contributed by atoms with van der Waals surface area (Å²) in [6.07, 6.45) is 5.34. The van der Waals surface area contributed by atoms with Crippen LogP contribution in [0.3, 0.4) is 0 Å². The van der Waals surface area contributed by atoms with Gasteiger partial charge in [-0.3, -0.25) is 4.79 Å². The Hall–Kier alpha value is -1.97. The fourth-order valence-electron chi connectivity index (χ4n) is 1.76. The molecule has 4 heteroatoms. The number of allylic oxidation sites excluding steroid dienone is 4. The number of hydrogen-bond acceptors (Lipinski definition) is 1. The zero-order valence-corrected chi connectivity index (χ0v) is 11.0. The first-order valence-electron chi connectivity index (χ1n) is 6.09. The largest absolute Gasteiger partial charge is 0.366 e. The molecular formula is C15H17F2NO. The molecule has 0 saturated heterocycles. The molecule has 0 aliphatic rings. The quantitative estimate of drug-likeness (QED) is 0.814. The molecule has 19 heavy (non-hydrogen) atoms. The predicted molar refractivity (Wildman–Crippen MR) is 72.0 cm³/mol. The molecule has 0 aliphatic carbocycles. The molecule has 0 fully saturated rings. The third kappa shape index (κ3) is 4.02. The Labute approximate surface area is 111 Å². The fraction of sp³-hybridized carbons (Fsp3) is 0.267. The lowest BCUT2D eigenvalue weighted by Crippen LogP contribution is -2.14. The van der Waals surface area contributed by atoms with Gasteiger partial charge in [0, 0.05) is 0 Å². The number of rotatable bonds is 5. The molecule has 1 amide bonds. The summed E-state index contributed by atoms with van der Waals surface area (Å²) < 4.78 is 26.6. The van der Waals surface area contributed by atoms with Crippen LogP contribution in [0.5, 0.6) is 0 Å². The van der Waals surface area contributed by atoms with E-state index < -0.39 is 11.7 Å². The molecule has 0 bridgehead atoms. The van der Waals surface area contributed by atoms with Gasteiger partial charge in [-0.05, 0) is 49.1 Å². The maximum atomic E-state index is 13.7. The molecule has 0 saturated carbocycles. The van der Waals surface area contributed by atoms with Crippen molar-refractivity contribution in [3.63, 3.8) is 0 Å². The van der Waals surface area contributed by atoms with Crippen LogP contribution in [0.2, 0.25) is 0 Å². The van der Waals surface area contributed by atoms with Crippen molar-refractivity contribution in [2.45, 2.75) is 26.7 Å². The summed E-state index contributed by atoms with van der Waals surface area (Å²) in [6.45, 7) is 3.50. The van der Waals surface area contributed by atoms with Crippen molar-refractivity contribution >= 4 is 5.91 Å². The lowest BCUT2D eigenvalue weighted by Gasteiger charge is -2.08. The maximum Gasteiger partial charge on any atom is 0.251 e. The normalized spacial score (nSPS) is 12.1. The fourth-order valence-corrected chi connectivity index (χ4v) is 1.76. The summed E-state index contributed by atoms with van der Waals surface area (Å²) in [4.78, 5) is 11.1. The Morgan fingerprint density at radius 2 is 2.05 bits per heavy atom. The number of nitrogens with two attached hydrogens (primary N) is 1. The average molecular weight is 265 g/mol. The topological polar surface area (TPSA) is 43.1 Å². The minimum atomic E-state index is -0.783. The molecule has 0 unspecified atom stereocenters. The second kappa shape index (κ2) is 6.83. The smallest absolute Gasteiger partial charge is 0.251 e. The van der Waals surface area contributed by atoms with Crippen molar-refractivity contribution in [2.24, 2.45) is 5.73 Å². The molecular weight excluding hydrogens is 248 g/mol. The van der Waals surface area contributed by atoms with E-state index >= 15 is 0 Å². The van der Waals surface area contributed by atoms with Crippen molar-refractivity contribution in [1.82, 2.24) is 0 Å². The van der Waals surface area contributed by atoms with Crippen molar-refractivity contribution < 1.29 is 13.6 Å². The van der Waals surface area contributed by atoms with Gasteiger partial charge in [0.2, 0.25) is 0 Å². The van der Waals surface area contributed by atoms with E-state index in [0.29, 0.717) is 12.8 Å². The van der Waals surface area contributed by atoms with Gasteiger partial charge in [-0.2, -0.15) is 0 Å². The average Bonchev–Trinajstić information content (AvgIpc) is 2.38. The number of carbonyl (C=O) groups is 1. The van der Waals surface area contributed by atoms with Gasteiger partial charge in [0.1, 0.15) is 11.6 Å². The highest BCUT2D eigenvalue weighted by Crippen LogP contribution is 2.18. The Bertz CT molecular complexity index is 533. The molecule has 1 rings (SSSR count). The first-order chi connectivity index (χ1) is 8.99. The Morgan fingerprint density at radius 3 is 2.58 bits per heavy atom. The Balaban J connectivity index is 3.05. The van der Waals surface area contributed by atoms with Gasteiger partial charge in [0.05, 0.1) is 5.56 Å². The van der Waals surface area contributed by atoms with Gasteiger partial charge in [-0.25, -0.2) is 8.78 Å². The predicted octanol–water partition coefficient (Wildman–Crippen LogP) is 3.46. The van der Waals surface area contributed by atoms with Gasteiger partial charge in [0.15, 0.2) is 0 Å². The van der Waals surface area contributed by atoms with Crippen molar-refractivity contribution in [3.05, 3.63) is 58.7 Å². The maximum absolute atomic E-state index is 13.7. The molecule has 1 aromatic carbocycles. The summed E-state index contributed by atoms with van der Waals surface area (Å²) in [6, 6.07) is 2.75. The zero-order chi connectivity index (χ0) is 14.4. The van der Waals surface area contributed by atoms with Gasteiger partial charge in [0.25, 0.3) is 5.91 Å². The Morgan fingerprint density at radius 1 is 1.37 bits per heavy atom. The molecule has 0 spiro atoms. The van der Waals surface area contributed by atoms with E-state index in [0.717, 1.165) is 11.1 Å². The highest BCUT2D eigenvalue weighted by molar-refractivity contribution is 5.93. The molecule has 0 radical (unpaired) electrons. The lowest BCUT2D eigenvalue weighted by molar-refractivity contribution is 0.0996. The number of aryl methyl sites for hydroxylation is 1. The lowest BCUT2D eigenvalue weighted by atomic mass is 9.98. The van der Waals surface area contributed by atoms with Crippen LogP contribution >= 0.6 is 0 Å². The number of carbonyl (C=O) groups excluding carboxylic acids is 1. The number of primary amides is 1. The van der Waals surface area contributed by atoms with E-state index in [9.17, 15) is 13.6 Å². The van der Waals surface area contributed by atoms with Gasteiger partial charge >= 0.3 is 0 Å². The highest BCUT2D eigenvalue weighted by atomic mass is 19.1. The van der Waals surface area contributed by atoms with Gasteiger partial charge in [-0.15, -0.1) is 0 Å². The summed E-state index contributed by atoms with van der Waals surface area (Å²) >= 11 is 0. The minimum Gasteiger partial charge on any atom is -0.366 e. The SMILES string of the molecule is CC=C(F)C=CCc1cc(F)c(C(N)=O)cc1CC. The monoisotopic (exact) mass is 265 g/mol. The van der Waals surface area contributed by atoms with E-state index in [1.807, 2.05) is 6.92 Å². The first kappa shape index (κ1) is 15.1. The molecule has 0 aliphatic heterocycles. The van der Waals surface area contributed by atoms with E-state index in [-0.39, 0.29) is 11.4 Å². The molecule has 102 valence electrons. The molecule has 2 nitrogen and oxygen atoms in total. The van der Waals surface area contributed by atoms with Crippen LogP contribution in [-0.2, 0) is 12.8 Å². The molecule has 2 N–H and O–H groups in total. The third-order valence-electron chi connectivity index (χ3n) is 2.83.